The quantitative estimate of drug-likeness (QED) is 0.887. The van der Waals surface area contributed by atoms with E-state index in [1.807, 2.05) is 0 Å². The number of nitrogens with one attached hydrogen (secondary N) is 1. The number of rotatable bonds is 4. The second kappa shape index (κ2) is 6.26. The SMILES string of the molecule is CN(C)[C@]1(c2ccccc2)CC[C@]2(CC1)CNC(=O)N2CC1(C)CCC1. The van der Waals surface area contributed by atoms with Crippen LogP contribution in [0.5, 0.6) is 0 Å². The summed E-state index contributed by atoms with van der Waals surface area (Å²) in [4.78, 5) is 17.3. The van der Waals surface area contributed by atoms with Gasteiger partial charge in [-0.05, 0) is 63.6 Å². The monoisotopic (exact) mass is 355 g/mol. The molecule has 4 nitrogen and oxygen atoms in total. The van der Waals surface area contributed by atoms with E-state index in [4.69, 9.17) is 0 Å². The second-order valence-corrected chi connectivity index (χ2v) is 9.43. The Kier molecular flexibility index (Phi) is 4.30. The zero-order valence-electron chi connectivity index (χ0n) is 16.6. The van der Waals surface area contributed by atoms with Crippen LogP contribution in [0.3, 0.4) is 0 Å². The van der Waals surface area contributed by atoms with E-state index in [0.717, 1.165) is 38.8 Å². The molecule has 0 atom stereocenters. The first-order valence-electron chi connectivity index (χ1n) is 10.2. The molecule has 142 valence electrons. The van der Waals surface area contributed by atoms with Crippen LogP contribution in [-0.2, 0) is 5.54 Å². The molecule has 1 aliphatic heterocycles. The van der Waals surface area contributed by atoms with Crippen LogP contribution in [0.1, 0.15) is 57.4 Å². The third-order valence-electron chi connectivity index (χ3n) is 7.66. The van der Waals surface area contributed by atoms with Gasteiger partial charge in [0.2, 0.25) is 0 Å². The van der Waals surface area contributed by atoms with Crippen molar-refractivity contribution in [3.8, 4) is 0 Å². The Bertz CT molecular complexity index is 657. The summed E-state index contributed by atoms with van der Waals surface area (Å²) in [6.07, 6.45) is 8.20. The Morgan fingerprint density at radius 1 is 1.04 bits per heavy atom. The molecule has 26 heavy (non-hydrogen) atoms. The first-order chi connectivity index (χ1) is 12.4. The third-order valence-corrected chi connectivity index (χ3v) is 7.66. The molecule has 4 heteroatoms. The molecule has 0 bridgehead atoms. The number of nitrogens with zero attached hydrogens (tertiary/aromatic N) is 2. The Morgan fingerprint density at radius 3 is 2.23 bits per heavy atom. The smallest absolute Gasteiger partial charge is 0.318 e. The third kappa shape index (κ3) is 2.74. The summed E-state index contributed by atoms with van der Waals surface area (Å²) < 4.78 is 0. The summed E-state index contributed by atoms with van der Waals surface area (Å²) in [6.45, 7) is 4.10. The van der Waals surface area contributed by atoms with Crippen molar-refractivity contribution in [2.24, 2.45) is 5.41 Å². The van der Waals surface area contributed by atoms with Crippen molar-refractivity contribution in [1.29, 1.82) is 0 Å². The molecule has 1 aromatic carbocycles. The van der Waals surface area contributed by atoms with Gasteiger partial charge in [-0.15, -0.1) is 0 Å². The van der Waals surface area contributed by atoms with Crippen LogP contribution in [-0.4, -0.2) is 48.6 Å². The number of hydrogen-bond donors (Lipinski definition) is 1. The number of hydrogen-bond acceptors (Lipinski definition) is 2. The van der Waals surface area contributed by atoms with E-state index in [2.05, 4.69) is 66.5 Å². The molecular formula is C22H33N3O. The molecule has 4 rings (SSSR count). The van der Waals surface area contributed by atoms with Gasteiger partial charge < -0.3 is 10.2 Å². The van der Waals surface area contributed by atoms with Gasteiger partial charge in [-0.3, -0.25) is 4.90 Å². The highest BCUT2D eigenvalue weighted by Gasteiger charge is 2.53. The van der Waals surface area contributed by atoms with Gasteiger partial charge in [0.05, 0.1) is 5.54 Å². The summed E-state index contributed by atoms with van der Waals surface area (Å²) in [6, 6.07) is 11.1. The minimum absolute atomic E-state index is 0.0178. The van der Waals surface area contributed by atoms with Gasteiger partial charge >= 0.3 is 6.03 Å². The lowest BCUT2D eigenvalue weighted by Gasteiger charge is -2.53. The van der Waals surface area contributed by atoms with Crippen molar-refractivity contribution < 1.29 is 4.79 Å². The fourth-order valence-electron chi connectivity index (χ4n) is 5.52. The van der Waals surface area contributed by atoms with Crippen LogP contribution < -0.4 is 5.32 Å². The number of carbonyl (C=O) groups excluding carboxylic acids is 1. The average Bonchev–Trinajstić information content (AvgIpc) is 2.91. The molecule has 1 spiro atoms. The van der Waals surface area contributed by atoms with E-state index in [1.165, 1.54) is 24.8 Å². The molecule has 0 aromatic heterocycles. The normalized spacial score (nSPS) is 33.4. The van der Waals surface area contributed by atoms with Crippen molar-refractivity contribution in [3.05, 3.63) is 35.9 Å². The minimum atomic E-state index is 0.0178. The van der Waals surface area contributed by atoms with E-state index in [1.54, 1.807) is 0 Å². The summed E-state index contributed by atoms with van der Waals surface area (Å²) in [5.74, 6) is 0. The lowest BCUT2D eigenvalue weighted by Crippen LogP contribution is -2.57. The Balaban J connectivity index is 1.56. The zero-order chi connectivity index (χ0) is 18.4. The van der Waals surface area contributed by atoms with Crippen LogP contribution in [0.25, 0.3) is 0 Å². The molecule has 1 saturated heterocycles. The van der Waals surface area contributed by atoms with Gasteiger partial charge in [-0.25, -0.2) is 4.79 Å². The van der Waals surface area contributed by atoms with Crippen molar-refractivity contribution in [1.82, 2.24) is 15.1 Å². The predicted molar refractivity (Wildman–Crippen MR) is 105 cm³/mol. The van der Waals surface area contributed by atoms with Crippen LogP contribution in [0.4, 0.5) is 4.79 Å². The Morgan fingerprint density at radius 2 is 1.69 bits per heavy atom. The predicted octanol–water partition coefficient (Wildman–Crippen LogP) is 3.97. The standard InChI is InChI=1S/C22H33N3O/c1-20(10-7-11-20)17-25-19(26)23-16-21(25)12-14-22(15-13-21,24(2)3)18-8-5-4-6-9-18/h4-6,8-9H,7,10-17H2,1-3H3,(H,23,26)/t21-,22+. The molecular weight excluding hydrogens is 322 g/mol. The largest absolute Gasteiger partial charge is 0.336 e. The maximum atomic E-state index is 12.6. The number of carbonyl (C=O) groups is 1. The molecule has 2 amide bonds. The molecule has 3 aliphatic rings. The maximum Gasteiger partial charge on any atom is 0.318 e. The molecule has 0 unspecified atom stereocenters. The van der Waals surface area contributed by atoms with Crippen molar-refractivity contribution >= 4 is 6.03 Å². The number of benzene rings is 1. The topological polar surface area (TPSA) is 35.6 Å². The average molecular weight is 356 g/mol. The van der Waals surface area contributed by atoms with Gasteiger partial charge in [-0.2, -0.15) is 0 Å². The molecule has 1 aromatic rings. The zero-order valence-corrected chi connectivity index (χ0v) is 16.6. The van der Waals surface area contributed by atoms with Crippen molar-refractivity contribution in [2.45, 2.75) is 62.9 Å². The lowest BCUT2D eigenvalue weighted by atomic mass is 9.66. The number of amides is 2. The second-order valence-electron chi connectivity index (χ2n) is 9.43. The fraction of sp³-hybridized carbons (Fsp3) is 0.682. The van der Waals surface area contributed by atoms with Crippen LogP contribution in [0.2, 0.25) is 0 Å². The van der Waals surface area contributed by atoms with Gasteiger partial charge in [0.25, 0.3) is 0 Å². The van der Waals surface area contributed by atoms with E-state index >= 15 is 0 Å². The maximum absolute atomic E-state index is 12.6. The molecule has 2 saturated carbocycles. The van der Waals surface area contributed by atoms with Crippen molar-refractivity contribution in [2.75, 3.05) is 27.2 Å². The van der Waals surface area contributed by atoms with Crippen LogP contribution in [0.15, 0.2) is 30.3 Å². The molecule has 3 fully saturated rings. The summed E-state index contributed by atoms with van der Waals surface area (Å²) >= 11 is 0. The van der Waals surface area contributed by atoms with Gasteiger partial charge in [0, 0.05) is 18.6 Å². The molecule has 0 radical (unpaired) electrons. The fourth-order valence-corrected chi connectivity index (χ4v) is 5.52. The first kappa shape index (κ1) is 17.8. The first-order valence-corrected chi connectivity index (χ1v) is 10.2. The van der Waals surface area contributed by atoms with E-state index < -0.39 is 0 Å². The Labute approximate surface area is 157 Å². The Hall–Kier alpha value is -1.55. The summed E-state index contributed by atoms with van der Waals surface area (Å²) in [7, 11) is 4.41. The molecule has 1 N–H and O–H groups in total. The molecule has 2 aliphatic carbocycles. The lowest BCUT2D eigenvalue weighted by molar-refractivity contribution is 0.000308. The van der Waals surface area contributed by atoms with E-state index in [-0.39, 0.29) is 17.1 Å². The van der Waals surface area contributed by atoms with Crippen molar-refractivity contribution in [3.63, 3.8) is 0 Å². The van der Waals surface area contributed by atoms with Crippen LogP contribution in [0, 0.1) is 5.41 Å². The van der Waals surface area contributed by atoms with E-state index in [9.17, 15) is 4.79 Å². The van der Waals surface area contributed by atoms with E-state index in [0.29, 0.717) is 5.41 Å². The van der Waals surface area contributed by atoms with Gasteiger partial charge in [0.1, 0.15) is 0 Å². The van der Waals surface area contributed by atoms with Gasteiger partial charge in [-0.1, -0.05) is 43.7 Å². The highest BCUT2D eigenvalue weighted by molar-refractivity contribution is 5.78. The number of urea groups is 1. The summed E-state index contributed by atoms with van der Waals surface area (Å²) in [5.41, 5.74) is 1.85. The van der Waals surface area contributed by atoms with Gasteiger partial charge in [0.15, 0.2) is 0 Å². The molecule has 1 heterocycles. The minimum Gasteiger partial charge on any atom is -0.336 e. The summed E-state index contributed by atoms with van der Waals surface area (Å²) in [5, 5.41) is 3.17. The highest BCUT2D eigenvalue weighted by atomic mass is 16.2. The van der Waals surface area contributed by atoms with Crippen LogP contribution >= 0.6 is 0 Å². The highest BCUT2D eigenvalue weighted by Crippen LogP contribution is 2.49.